The molecule has 0 N–H and O–H groups in total. The maximum absolute atomic E-state index is 9.96. The molecular formula is C34H40N14+4. The number of aromatic nitrogens is 4. The van der Waals surface area contributed by atoms with Crippen LogP contribution in [0.5, 0.6) is 0 Å². The standard InChI is InChI=1S/C34H40N14/c1-41(2)25-9-17-45(18-10-25)31-29(37-39-35)30(38-40-36)32(46-19-11-26(12-20-46)42(3)4)34(48-23-15-28(16-24-48)44(7)8)33(31)47-21-13-27(14-22-47)43(5)6/h9-24H,1-8H3/q+4. The highest BCUT2D eigenvalue weighted by molar-refractivity contribution is 5.85. The summed E-state index contributed by atoms with van der Waals surface area (Å²) in [4.78, 5) is 14.5. The molecule has 48 heavy (non-hydrogen) atoms. The van der Waals surface area contributed by atoms with Gasteiger partial charge in [0.05, 0.1) is 0 Å². The molecule has 0 aliphatic heterocycles. The molecule has 0 radical (unpaired) electrons. The number of anilines is 4. The van der Waals surface area contributed by atoms with Crippen molar-refractivity contribution >= 4 is 34.1 Å². The van der Waals surface area contributed by atoms with Crippen molar-refractivity contribution in [3.8, 4) is 22.7 Å². The van der Waals surface area contributed by atoms with Gasteiger partial charge in [0, 0.05) is 137 Å². The molecule has 0 aliphatic carbocycles. The second kappa shape index (κ2) is 14.0. The van der Waals surface area contributed by atoms with Crippen molar-refractivity contribution in [2.45, 2.75) is 0 Å². The third kappa shape index (κ3) is 6.47. The lowest BCUT2D eigenvalue weighted by Gasteiger charge is -2.15. The van der Waals surface area contributed by atoms with Gasteiger partial charge in [-0.05, 0) is 11.1 Å². The summed E-state index contributed by atoms with van der Waals surface area (Å²) in [5.74, 6) is 0. The van der Waals surface area contributed by atoms with Crippen LogP contribution in [0, 0.1) is 0 Å². The molecule has 5 aromatic rings. The van der Waals surface area contributed by atoms with Gasteiger partial charge in [0.2, 0.25) is 0 Å². The monoisotopic (exact) mass is 644 g/mol. The summed E-state index contributed by atoms with van der Waals surface area (Å²) in [5.41, 5.74) is 26.7. The van der Waals surface area contributed by atoms with Gasteiger partial charge in [0.15, 0.2) is 49.6 Å². The lowest BCUT2D eigenvalue weighted by atomic mass is 10.1. The molecule has 0 bridgehead atoms. The summed E-state index contributed by atoms with van der Waals surface area (Å²) >= 11 is 0. The first-order valence-corrected chi connectivity index (χ1v) is 15.2. The summed E-state index contributed by atoms with van der Waals surface area (Å²) in [6.07, 6.45) is 15.5. The number of benzene rings is 1. The van der Waals surface area contributed by atoms with Crippen LogP contribution in [0.1, 0.15) is 0 Å². The van der Waals surface area contributed by atoms with Gasteiger partial charge in [-0.15, -0.1) is 0 Å². The Bertz CT molecular complexity index is 1860. The number of hydrogen-bond acceptors (Lipinski definition) is 6. The van der Waals surface area contributed by atoms with E-state index in [4.69, 9.17) is 0 Å². The molecule has 4 heterocycles. The van der Waals surface area contributed by atoms with Crippen LogP contribution < -0.4 is 37.9 Å². The first-order chi connectivity index (χ1) is 23.0. The normalized spacial score (nSPS) is 10.5. The van der Waals surface area contributed by atoms with Gasteiger partial charge >= 0.3 is 22.7 Å². The molecule has 0 saturated heterocycles. The lowest BCUT2D eigenvalue weighted by Crippen LogP contribution is -2.47. The van der Waals surface area contributed by atoms with Gasteiger partial charge < -0.3 is 19.6 Å². The Kier molecular flexibility index (Phi) is 9.60. The third-order valence-electron chi connectivity index (χ3n) is 7.98. The van der Waals surface area contributed by atoms with Crippen molar-refractivity contribution in [3.05, 3.63) is 119 Å². The smallest absolute Gasteiger partial charge is 0.363 e. The average Bonchev–Trinajstić information content (AvgIpc) is 3.09. The quantitative estimate of drug-likeness (QED) is 0.0924. The maximum Gasteiger partial charge on any atom is 0.363 e. The molecule has 242 valence electrons. The van der Waals surface area contributed by atoms with Crippen molar-refractivity contribution in [2.24, 2.45) is 10.2 Å². The fourth-order valence-corrected chi connectivity index (χ4v) is 5.39. The first kappa shape index (κ1) is 33.0. The fourth-order valence-electron chi connectivity index (χ4n) is 5.39. The van der Waals surface area contributed by atoms with E-state index in [1.54, 1.807) is 0 Å². The van der Waals surface area contributed by atoms with E-state index in [2.05, 4.69) is 20.1 Å². The molecule has 14 nitrogen and oxygen atoms in total. The van der Waals surface area contributed by atoms with Crippen molar-refractivity contribution in [3.63, 3.8) is 0 Å². The SMILES string of the molecule is CN(C)c1cc[n+](-c2c(N=[N+]=[N-])c(N=[N+]=[N-])c(-[n+]3ccc(N(C)C)cc3)c(-[n+]3ccc(N(C)C)cc3)c2-[n+]2ccc(N(C)C)cc2)cc1. The molecule has 0 atom stereocenters. The Morgan fingerprint density at radius 2 is 0.604 bits per heavy atom. The predicted octanol–water partition coefficient (Wildman–Crippen LogP) is 4.94. The number of azide groups is 2. The summed E-state index contributed by atoms with van der Waals surface area (Å²) in [6, 6.07) is 15.9. The van der Waals surface area contributed by atoms with Gasteiger partial charge in [-0.1, -0.05) is 10.2 Å². The van der Waals surface area contributed by atoms with E-state index in [9.17, 15) is 11.1 Å². The molecule has 5 rings (SSSR count). The summed E-state index contributed by atoms with van der Waals surface area (Å²) in [7, 11) is 15.8. The molecule has 0 saturated carbocycles. The Balaban J connectivity index is 2.05. The predicted molar refractivity (Wildman–Crippen MR) is 187 cm³/mol. The van der Waals surface area contributed by atoms with Crippen molar-refractivity contribution < 1.29 is 18.3 Å². The largest absolute Gasteiger partial charge is 0.377 e. The van der Waals surface area contributed by atoms with E-state index in [0.717, 1.165) is 22.7 Å². The molecule has 14 heteroatoms. The van der Waals surface area contributed by atoms with E-state index >= 15 is 0 Å². The van der Waals surface area contributed by atoms with E-state index < -0.39 is 0 Å². The van der Waals surface area contributed by atoms with Crippen LogP contribution in [0.25, 0.3) is 43.6 Å². The van der Waals surface area contributed by atoms with Crippen molar-refractivity contribution in [1.29, 1.82) is 0 Å². The fraction of sp³-hybridized carbons (Fsp3) is 0.235. The highest BCUT2D eigenvalue weighted by atomic mass is 15.2. The van der Waals surface area contributed by atoms with Gasteiger partial charge in [-0.25, -0.2) is 0 Å². The summed E-state index contributed by atoms with van der Waals surface area (Å²) in [6.45, 7) is 0. The second-order valence-corrected chi connectivity index (χ2v) is 11.9. The number of pyridine rings is 4. The molecule has 0 unspecified atom stereocenters. The Labute approximate surface area is 280 Å². The van der Waals surface area contributed by atoms with Crippen LogP contribution in [0.4, 0.5) is 34.1 Å². The third-order valence-corrected chi connectivity index (χ3v) is 7.98. The number of hydrogen-bond donors (Lipinski definition) is 0. The Hall–Kier alpha value is -6.36. The van der Waals surface area contributed by atoms with E-state index in [-0.39, 0.29) is 11.4 Å². The van der Waals surface area contributed by atoms with Crippen LogP contribution in [-0.2, 0) is 0 Å². The topological polar surface area (TPSA) is 126 Å². The molecule has 0 amide bonds. The highest BCUT2D eigenvalue weighted by Gasteiger charge is 2.44. The molecule has 0 aliphatic rings. The van der Waals surface area contributed by atoms with E-state index in [1.807, 2.05) is 192 Å². The van der Waals surface area contributed by atoms with Crippen LogP contribution in [0.3, 0.4) is 0 Å². The molecular weight excluding hydrogens is 604 g/mol. The van der Waals surface area contributed by atoms with Gasteiger partial charge in [-0.3, -0.25) is 0 Å². The summed E-state index contributed by atoms with van der Waals surface area (Å²) < 4.78 is 7.76. The summed E-state index contributed by atoms with van der Waals surface area (Å²) in [5, 5.41) is 8.44. The van der Waals surface area contributed by atoms with Gasteiger partial charge in [-0.2, -0.15) is 18.3 Å². The lowest BCUT2D eigenvalue weighted by molar-refractivity contribution is -0.661. The van der Waals surface area contributed by atoms with Crippen LogP contribution in [0.2, 0.25) is 0 Å². The molecule has 4 aromatic heterocycles. The Morgan fingerprint density at radius 3 is 0.792 bits per heavy atom. The zero-order valence-electron chi connectivity index (χ0n) is 28.5. The van der Waals surface area contributed by atoms with Crippen LogP contribution in [-0.4, -0.2) is 56.4 Å². The van der Waals surface area contributed by atoms with Gasteiger partial charge in [0.25, 0.3) is 0 Å². The van der Waals surface area contributed by atoms with Crippen LogP contribution >= 0.6 is 0 Å². The highest BCUT2D eigenvalue weighted by Crippen LogP contribution is 2.42. The minimum atomic E-state index is 0.172. The second-order valence-electron chi connectivity index (χ2n) is 11.9. The first-order valence-electron chi connectivity index (χ1n) is 15.2. The van der Waals surface area contributed by atoms with Crippen molar-refractivity contribution in [2.75, 3.05) is 76.0 Å². The van der Waals surface area contributed by atoms with Crippen LogP contribution in [0.15, 0.2) is 108 Å². The zero-order chi connectivity index (χ0) is 34.5. The zero-order valence-corrected chi connectivity index (χ0v) is 28.5. The number of nitrogens with zero attached hydrogens (tertiary/aromatic N) is 14. The average molecular weight is 645 g/mol. The molecule has 0 fully saturated rings. The van der Waals surface area contributed by atoms with E-state index in [0.29, 0.717) is 22.7 Å². The number of rotatable bonds is 10. The van der Waals surface area contributed by atoms with Gasteiger partial charge in [0.1, 0.15) is 11.4 Å². The molecule has 0 spiro atoms. The minimum Gasteiger partial charge on any atom is -0.377 e. The maximum atomic E-state index is 9.96. The van der Waals surface area contributed by atoms with E-state index in [1.165, 1.54) is 0 Å². The Morgan fingerprint density at radius 1 is 0.396 bits per heavy atom. The molecule has 1 aromatic carbocycles. The van der Waals surface area contributed by atoms with Crippen molar-refractivity contribution in [1.82, 2.24) is 0 Å². The minimum absolute atomic E-state index is 0.172.